The Bertz CT molecular complexity index is 547. The molecule has 1 aliphatic heterocycles. The monoisotopic (exact) mass is 293 g/mol. The van der Waals surface area contributed by atoms with Crippen molar-refractivity contribution in [1.29, 1.82) is 0 Å². The van der Waals surface area contributed by atoms with E-state index in [4.69, 9.17) is 0 Å². The number of hydrogen-bond acceptors (Lipinski definition) is 6. The van der Waals surface area contributed by atoms with E-state index in [0.29, 0.717) is 11.0 Å². The molecule has 3 atom stereocenters. The van der Waals surface area contributed by atoms with Gasteiger partial charge in [0.1, 0.15) is 12.0 Å². The van der Waals surface area contributed by atoms with E-state index in [9.17, 15) is 10.2 Å². The first-order chi connectivity index (χ1) is 9.53. The standard InChI is InChI=1S/C14H19N3O2S/c1-14(19)7-3-4-10(14)17-11(18)6-5-9-8-15-13(20-2)16-12(9)17/h5-6,8,10-11,18-19H,3-4,7H2,1-2H3/t10-,11?,14-/m1/s1. The second-order valence-corrected chi connectivity index (χ2v) is 6.35. The van der Waals surface area contributed by atoms with Crippen molar-refractivity contribution in [2.75, 3.05) is 11.2 Å². The largest absolute Gasteiger partial charge is 0.388 e. The van der Waals surface area contributed by atoms with Gasteiger partial charge in [0.2, 0.25) is 0 Å². The van der Waals surface area contributed by atoms with Crippen LogP contribution in [0.25, 0.3) is 6.08 Å². The minimum atomic E-state index is -0.798. The lowest BCUT2D eigenvalue weighted by Gasteiger charge is -2.41. The molecule has 0 aromatic carbocycles. The van der Waals surface area contributed by atoms with E-state index < -0.39 is 11.8 Å². The van der Waals surface area contributed by atoms with Crippen molar-refractivity contribution in [1.82, 2.24) is 9.97 Å². The fourth-order valence-corrected chi connectivity index (χ4v) is 3.43. The molecule has 6 heteroatoms. The molecule has 2 heterocycles. The van der Waals surface area contributed by atoms with Crippen LogP contribution in [0.2, 0.25) is 0 Å². The smallest absolute Gasteiger partial charge is 0.189 e. The molecule has 2 N–H and O–H groups in total. The molecular weight excluding hydrogens is 274 g/mol. The Morgan fingerprint density at radius 2 is 2.30 bits per heavy atom. The van der Waals surface area contributed by atoms with Crippen LogP contribution < -0.4 is 4.90 Å². The molecule has 1 aromatic rings. The minimum Gasteiger partial charge on any atom is -0.388 e. The molecule has 0 bridgehead atoms. The van der Waals surface area contributed by atoms with E-state index in [0.717, 1.165) is 24.8 Å². The number of nitrogens with zero attached hydrogens (tertiary/aromatic N) is 3. The van der Waals surface area contributed by atoms with Gasteiger partial charge in [-0.3, -0.25) is 0 Å². The average Bonchev–Trinajstić information content (AvgIpc) is 2.77. The highest BCUT2D eigenvalue weighted by Gasteiger charge is 2.44. The molecule has 0 saturated heterocycles. The van der Waals surface area contributed by atoms with Crippen LogP contribution in [0.1, 0.15) is 31.7 Å². The molecule has 108 valence electrons. The van der Waals surface area contributed by atoms with E-state index in [1.807, 2.05) is 24.2 Å². The molecule has 0 spiro atoms. The van der Waals surface area contributed by atoms with Crippen molar-refractivity contribution in [3.8, 4) is 0 Å². The lowest BCUT2D eigenvalue weighted by molar-refractivity contribution is 0.0363. The normalized spacial score (nSPS) is 32.5. The number of hydrogen-bond donors (Lipinski definition) is 2. The summed E-state index contributed by atoms with van der Waals surface area (Å²) in [6, 6.07) is -0.120. The summed E-state index contributed by atoms with van der Waals surface area (Å²) in [6.45, 7) is 1.84. The van der Waals surface area contributed by atoms with E-state index in [1.54, 1.807) is 12.3 Å². The molecule has 0 radical (unpaired) electrons. The van der Waals surface area contributed by atoms with Gasteiger partial charge in [0.25, 0.3) is 0 Å². The molecule has 1 aliphatic carbocycles. The van der Waals surface area contributed by atoms with Crippen LogP contribution in [0.3, 0.4) is 0 Å². The van der Waals surface area contributed by atoms with Gasteiger partial charge in [0, 0.05) is 11.8 Å². The summed E-state index contributed by atoms with van der Waals surface area (Å²) in [5.74, 6) is 0.714. The van der Waals surface area contributed by atoms with Crippen molar-refractivity contribution in [3.63, 3.8) is 0 Å². The highest BCUT2D eigenvalue weighted by atomic mass is 32.2. The predicted molar refractivity (Wildman–Crippen MR) is 79.6 cm³/mol. The first kappa shape index (κ1) is 13.9. The van der Waals surface area contributed by atoms with Gasteiger partial charge in [-0.15, -0.1) is 0 Å². The summed E-state index contributed by atoms with van der Waals surface area (Å²) in [4.78, 5) is 10.6. The maximum absolute atomic E-state index is 10.6. The third-order valence-electron chi connectivity index (χ3n) is 4.15. The molecule has 0 amide bonds. The van der Waals surface area contributed by atoms with Crippen molar-refractivity contribution in [2.24, 2.45) is 0 Å². The van der Waals surface area contributed by atoms with Gasteiger partial charge in [-0.2, -0.15) is 0 Å². The number of aliphatic hydroxyl groups excluding tert-OH is 1. The third-order valence-corrected chi connectivity index (χ3v) is 4.71. The Labute approximate surface area is 122 Å². The van der Waals surface area contributed by atoms with E-state index >= 15 is 0 Å². The van der Waals surface area contributed by atoms with E-state index in [2.05, 4.69) is 9.97 Å². The predicted octanol–water partition coefficient (Wildman–Crippen LogP) is 1.65. The Balaban J connectivity index is 2.05. The molecule has 1 saturated carbocycles. The van der Waals surface area contributed by atoms with Gasteiger partial charge in [0.05, 0.1) is 11.6 Å². The van der Waals surface area contributed by atoms with Crippen molar-refractivity contribution in [3.05, 3.63) is 17.8 Å². The number of thioether (sulfide) groups is 1. The molecule has 2 aliphatic rings. The zero-order valence-corrected chi connectivity index (χ0v) is 12.5. The highest BCUT2D eigenvalue weighted by Crippen LogP contribution is 2.39. The fraction of sp³-hybridized carbons (Fsp3) is 0.571. The number of aliphatic hydroxyl groups is 2. The van der Waals surface area contributed by atoms with Crippen LogP contribution in [0.15, 0.2) is 17.4 Å². The molecule has 5 nitrogen and oxygen atoms in total. The fourth-order valence-electron chi connectivity index (χ4n) is 3.10. The summed E-state index contributed by atoms with van der Waals surface area (Å²) in [7, 11) is 0. The second-order valence-electron chi connectivity index (χ2n) is 5.58. The first-order valence-corrected chi connectivity index (χ1v) is 8.03. The summed E-state index contributed by atoms with van der Waals surface area (Å²) in [6.07, 6.45) is 9.07. The lowest BCUT2D eigenvalue weighted by atomic mass is 9.97. The Kier molecular flexibility index (Phi) is 3.48. The van der Waals surface area contributed by atoms with Gasteiger partial charge < -0.3 is 15.1 Å². The van der Waals surface area contributed by atoms with Gasteiger partial charge >= 0.3 is 0 Å². The average molecular weight is 293 g/mol. The lowest BCUT2D eigenvalue weighted by Crippen LogP contribution is -2.53. The quantitative estimate of drug-likeness (QED) is 0.638. The van der Waals surface area contributed by atoms with Crippen molar-refractivity contribution < 1.29 is 10.2 Å². The number of fused-ring (bicyclic) bond motifs is 1. The zero-order valence-electron chi connectivity index (χ0n) is 11.7. The van der Waals surface area contributed by atoms with Crippen molar-refractivity contribution >= 4 is 23.7 Å². The number of rotatable bonds is 2. The molecule has 1 fully saturated rings. The topological polar surface area (TPSA) is 69.5 Å². The van der Waals surface area contributed by atoms with E-state index in [-0.39, 0.29) is 6.04 Å². The first-order valence-electron chi connectivity index (χ1n) is 6.81. The highest BCUT2D eigenvalue weighted by molar-refractivity contribution is 7.98. The van der Waals surface area contributed by atoms with Crippen LogP contribution in [0, 0.1) is 0 Å². The van der Waals surface area contributed by atoms with Gasteiger partial charge in [-0.1, -0.05) is 11.8 Å². The zero-order chi connectivity index (χ0) is 14.3. The Morgan fingerprint density at radius 1 is 1.50 bits per heavy atom. The maximum atomic E-state index is 10.6. The Morgan fingerprint density at radius 3 is 2.95 bits per heavy atom. The Hall–Kier alpha value is -1.11. The summed E-state index contributed by atoms with van der Waals surface area (Å²) >= 11 is 1.47. The van der Waals surface area contributed by atoms with Gasteiger partial charge in [-0.05, 0) is 44.6 Å². The van der Waals surface area contributed by atoms with Crippen LogP contribution in [-0.2, 0) is 0 Å². The SMILES string of the molecule is CSc1ncc2c(n1)N([C@@H]1CCC[C@@]1(C)O)C(O)C=C2. The second kappa shape index (κ2) is 5.02. The van der Waals surface area contributed by atoms with E-state index in [1.165, 1.54) is 11.8 Å². The minimum absolute atomic E-state index is 0.120. The van der Waals surface area contributed by atoms with Crippen LogP contribution in [0.5, 0.6) is 0 Å². The number of aromatic nitrogens is 2. The third kappa shape index (κ3) is 2.21. The summed E-state index contributed by atoms with van der Waals surface area (Å²) < 4.78 is 0. The maximum Gasteiger partial charge on any atom is 0.189 e. The number of anilines is 1. The van der Waals surface area contributed by atoms with Crippen molar-refractivity contribution in [2.45, 2.75) is 49.2 Å². The molecule has 1 unspecified atom stereocenters. The molecule has 3 rings (SSSR count). The van der Waals surface area contributed by atoms with Gasteiger partial charge in [-0.25, -0.2) is 9.97 Å². The van der Waals surface area contributed by atoms with Crippen LogP contribution in [-0.4, -0.2) is 44.3 Å². The molecular formula is C14H19N3O2S. The van der Waals surface area contributed by atoms with Gasteiger partial charge in [0.15, 0.2) is 5.16 Å². The van der Waals surface area contributed by atoms with Crippen LogP contribution in [0.4, 0.5) is 5.82 Å². The summed E-state index contributed by atoms with van der Waals surface area (Å²) in [5, 5.41) is 21.6. The molecule has 1 aromatic heterocycles. The molecule has 20 heavy (non-hydrogen) atoms. The van der Waals surface area contributed by atoms with Crippen LogP contribution >= 0.6 is 11.8 Å². The summed E-state index contributed by atoms with van der Waals surface area (Å²) in [5.41, 5.74) is 0.0873.